The molecule has 0 aliphatic heterocycles. The highest BCUT2D eigenvalue weighted by molar-refractivity contribution is 8.14. The summed E-state index contributed by atoms with van der Waals surface area (Å²) in [5, 5.41) is 12.0. The zero-order valence-electron chi connectivity index (χ0n) is 20.3. The third-order valence-electron chi connectivity index (χ3n) is 5.06. The lowest BCUT2D eigenvalue weighted by atomic mass is 9.99. The van der Waals surface area contributed by atoms with Crippen LogP contribution >= 0.6 is 11.8 Å². The van der Waals surface area contributed by atoms with Crippen LogP contribution in [0.15, 0.2) is 30.3 Å². The Kier molecular flexibility index (Phi) is 12.3. The molecule has 9 nitrogen and oxygen atoms in total. The minimum atomic E-state index is -1.20. The van der Waals surface area contributed by atoms with Gasteiger partial charge in [0.05, 0.1) is 18.8 Å². The topological polar surface area (TPSA) is 130 Å². The van der Waals surface area contributed by atoms with Gasteiger partial charge < -0.3 is 20.1 Å². The monoisotopic (exact) mass is 494 g/mol. The molecule has 10 heteroatoms. The summed E-state index contributed by atoms with van der Waals surface area (Å²) in [4.78, 5) is 62.9. The standard InChI is InChI=1S/C24H34N2O7S/c1-15(2)11-20(22(29)25-19(23(30)31)12-18-9-7-6-8-10-18)26(13-16(3)24(32)33-5)21(28)14-34-17(4)27/h6-10,15-16,19-20H,11-14H2,1-5H3,(H,25,29)(H,30,31)/t16?,19-,20-/m0/s1. The summed E-state index contributed by atoms with van der Waals surface area (Å²) in [6.07, 6.45) is 0.316. The van der Waals surface area contributed by atoms with Gasteiger partial charge in [-0.25, -0.2) is 4.79 Å². The number of ether oxygens (including phenoxy) is 1. The predicted octanol–water partition coefficient (Wildman–Crippen LogP) is 2.13. The Labute approximate surface area is 204 Å². The Morgan fingerprint density at radius 2 is 1.71 bits per heavy atom. The van der Waals surface area contributed by atoms with Gasteiger partial charge in [-0.05, 0) is 17.9 Å². The molecule has 1 unspecified atom stereocenters. The van der Waals surface area contributed by atoms with Crippen molar-refractivity contribution in [1.29, 1.82) is 0 Å². The lowest BCUT2D eigenvalue weighted by molar-refractivity contribution is -0.149. The van der Waals surface area contributed by atoms with E-state index < -0.39 is 41.8 Å². The Hall–Kier alpha value is -2.88. The van der Waals surface area contributed by atoms with Crippen LogP contribution in [0.2, 0.25) is 0 Å². The highest BCUT2D eigenvalue weighted by Gasteiger charge is 2.35. The maximum atomic E-state index is 13.3. The van der Waals surface area contributed by atoms with E-state index in [1.54, 1.807) is 31.2 Å². The SMILES string of the molecule is COC(=O)C(C)CN(C(=O)CSC(C)=O)[C@@H](CC(C)C)C(=O)N[C@@H](Cc1ccccc1)C(=O)O. The lowest BCUT2D eigenvalue weighted by Crippen LogP contribution is -2.56. The summed E-state index contributed by atoms with van der Waals surface area (Å²) in [6, 6.07) is 6.66. The minimum Gasteiger partial charge on any atom is -0.480 e. The molecule has 188 valence electrons. The number of rotatable bonds is 13. The van der Waals surface area contributed by atoms with Crippen molar-refractivity contribution in [3.05, 3.63) is 35.9 Å². The van der Waals surface area contributed by atoms with Crippen molar-refractivity contribution in [2.75, 3.05) is 19.4 Å². The Balaban J connectivity index is 3.22. The van der Waals surface area contributed by atoms with Crippen LogP contribution in [0.3, 0.4) is 0 Å². The fourth-order valence-corrected chi connectivity index (χ4v) is 3.85. The number of carbonyl (C=O) groups excluding carboxylic acids is 4. The normalized spacial score (nSPS) is 13.5. The van der Waals surface area contributed by atoms with Crippen molar-refractivity contribution in [3.63, 3.8) is 0 Å². The van der Waals surface area contributed by atoms with Gasteiger partial charge in [-0.2, -0.15) is 0 Å². The lowest BCUT2D eigenvalue weighted by Gasteiger charge is -2.34. The molecule has 0 spiro atoms. The number of benzene rings is 1. The molecule has 0 heterocycles. The maximum Gasteiger partial charge on any atom is 0.326 e. The number of esters is 1. The number of carboxylic acids is 1. The molecule has 0 saturated carbocycles. The third kappa shape index (κ3) is 9.94. The van der Waals surface area contributed by atoms with E-state index in [4.69, 9.17) is 4.74 Å². The second-order valence-electron chi connectivity index (χ2n) is 8.49. The number of nitrogens with one attached hydrogen (secondary N) is 1. The number of thioether (sulfide) groups is 1. The van der Waals surface area contributed by atoms with Crippen molar-refractivity contribution in [2.45, 2.75) is 52.6 Å². The molecule has 1 aromatic carbocycles. The fourth-order valence-electron chi connectivity index (χ4n) is 3.36. The first-order chi connectivity index (χ1) is 16.0. The van der Waals surface area contributed by atoms with Gasteiger partial charge in [-0.15, -0.1) is 0 Å². The minimum absolute atomic E-state index is 0.0163. The summed E-state index contributed by atoms with van der Waals surface area (Å²) in [5.41, 5.74) is 0.737. The van der Waals surface area contributed by atoms with Gasteiger partial charge in [0.2, 0.25) is 11.8 Å². The van der Waals surface area contributed by atoms with E-state index in [9.17, 15) is 29.1 Å². The van der Waals surface area contributed by atoms with E-state index in [-0.39, 0.29) is 36.2 Å². The number of methoxy groups -OCH3 is 1. The number of carboxylic acid groups (broad SMARTS) is 1. The summed E-state index contributed by atoms with van der Waals surface area (Å²) >= 11 is 0.805. The molecule has 3 atom stereocenters. The molecule has 0 radical (unpaired) electrons. The smallest absolute Gasteiger partial charge is 0.326 e. The molecule has 0 aliphatic rings. The second kappa shape index (κ2) is 14.4. The van der Waals surface area contributed by atoms with Crippen molar-refractivity contribution in [1.82, 2.24) is 10.2 Å². The van der Waals surface area contributed by atoms with Crippen LogP contribution in [0.5, 0.6) is 0 Å². The molecule has 0 saturated heterocycles. The molecule has 0 aromatic heterocycles. The van der Waals surface area contributed by atoms with E-state index in [0.717, 1.165) is 17.3 Å². The number of amides is 2. The number of nitrogens with zero attached hydrogens (tertiary/aromatic N) is 1. The fraction of sp³-hybridized carbons (Fsp3) is 0.542. The molecule has 2 amide bonds. The molecule has 0 bridgehead atoms. The van der Waals surface area contributed by atoms with Crippen LogP contribution in [-0.2, 0) is 35.1 Å². The van der Waals surface area contributed by atoms with Gasteiger partial charge in [0.1, 0.15) is 12.1 Å². The average Bonchev–Trinajstić information content (AvgIpc) is 2.78. The predicted molar refractivity (Wildman–Crippen MR) is 129 cm³/mol. The van der Waals surface area contributed by atoms with Crippen LogP contribution in [0, 0.1) is 11.8 Å². The van der Waals surface area contributed by atoms with Crippen LogP contribution in [0.25, 0.3) is 0 Å². The van der Waals surface area contributed by atoms with Gasteiger partial charge in [0.15, 0.2) is 5.12 Å². The van der Waals surface area contributed by atoms with Crippen LogP contribution < -0.4 is 5.32 Å². The number of aliphatic carboxylic acids is 1. The molecule has 0 fully saturated rings. The van der Waals surface area contributed by atoms with Crippen molar-refractivity contribution >= 4 is 40.6 Å². The first kappa shape index (κ1) is 29.2. The van der Waals surface area contributed by atoms with E-state index in [1.165, 1.54) is 18.9 Å². The Morgan fingerprint density at radius 3 is 2.21 bits per heavy atom. The summed E-state index contributed by atoms with van der Waals surface area (Å²) in [6.45, 7) is 6.54. The maximum absolute atomic E-state index is 13.3. The van der Waals surface area contributed by atoms with E-state index in [0.29, 0.717) is 0 Å². The van der Waals surface area contributed by atoms with Crippen molar-refractivity contribution < 1.29 is 33.8 Å². The first-order valence-corrected chi connectivity index (χ1v) is 12.0. The molecule has 1 aromatic rings. The third-order valence-corrected chi connectivity index (χ3v) is 5.86. The largest absolute Gasteiger partial charge is 0.480 e. The van der Waals surface area contributed by atoms with Gasteiger partial charge in [0, 0.05) is 19.9 Å². The van der Waals surface area contributed by atoms with Gasteiger partial charge in [-0.3, -0.25) is 19.2 Å². The zero-order chi connectivity index (χ0) is 25.8. The molecular weight excluding hydrogens is 460 g/mol. The molecule has 34 heavy (non-hydrogen) atoms. The number of hydrogen-bond donors (Lipinski definition) is 2. The molecule has 1 rings (SSSR count). The summed E-state index contributed by atoms with van der Waals surface area (Å²) < 4.78 is 4.76. The highest BCUT2D eigenvalue weighted by Crippen LogP contribution is 2.18. The van der Waals surface area contributed by atoms with E-state index >= 15 is 0 Å². The van der Waals surface area contributed by atoms with Gasteiger partial charge in [-0.1, -0.05) is 62.9 Å². The number of hydrogen-bond acceptors (Lipinski definition) is 7. The second-order valence-corrected chi connectivity index (χ2v) is 9.64. The van der Waals surface area contributed by atoms with Gasteiger partial charge in [0.25, 0.3) is 0 Å². The number of carbonyl (C=O) groups is 5. The zero-order valence-corrected chi connectivity index (χ0v) is 21.1. The highest BCUT2D eigenvalue weighted by atomic mass is 32.2. The first-order valence-electron chi connectivity index (χ1n) is 11.0. The quantitative estimate of drug-likeness (QED) is 0.399. The Bertz CT molecular complexity index is 860. The van der Waals surface area contributed by atoms with Crippen LogP contribution in [-0.4, -0.2) is 70.4 Å². The van der Waals surface area contributed by atoms with Crippen molar-refractivity contribution in [3.8, 4) is 0 Å². The average molecular weight is 495 g/mol. The molecular formula is C24H34N2O7S. The molecule has 2 N–H and O–H groups in total. The molecule has 0 aliphatic carbocycles. The Morgan fingerprint density at radius 1 is 1.09 bits per heavy atom. The summed E-state index contributed by atoms with van der Waals surface area (Å²) in [7, 11) is 1.23. The van der Waals surface area contributed by atoms with Crippen LogP contribution in [0.1, 0.15) is 39.7 Å². The van der Waals surface area contributed by atoms with Crippen LogP contribution in [0.4, 0.5) is 0 Å². The van der Waals surface area contributed by atoms with E-state index in [2.05, 4.69) is 5.32 Å². The van der Waals surface area contributed by atoms with Crippen molar-refractivity contribution in [2.24, 2.45) is 11.8 Å². The summed E-state index contributed by atoms with van der Waals surface area (Å²) in [5.74, 6) is -3.81. The van der Waals surface area contributed by atoms with Gasteiger partial charge >= 0.3 is 11.9 Å². The van der Waals surface area contributed by atoms with E-state index in [1.807, 2.05) is 19.9 Å².